The normalized spacial score (nSPS) is 29.6. The third-order valence-electron chi connectivity index (χ3n) is 5.04. The standard InChI is InChI=1S/C16H30N2O3/c1-17-16(15(19)20-3)8-4-5-14(11-16)18(2)9-10-21-12-13-6-7-13/h13-14,17H,4-12H2,1-3H3. The summed E-state index contributed by atoms with van der Waals surface area (Å²) in [6.45, 7) is 2.63. The first-order chi connectivity index (χ1) is 10.1. The molecule has 0 aromatic heterocycles. The lowest BCUT2D eigenvalue weighted by Gasteiger charge is -2.41. The number of esters is 1. The van der Waals surface area contributed by atoms with Gasteiger partial charge in [-0.15, -0.1) is 0 Å². The molecule has 0 heterocycles. The summed E-state index contributed by atoms with van der Waals surface area (Å²) in [5, 5.41) is 3.21. The van der Waals surface area contributed by atoms with Crippen LogP contribution < -0.4 is 5.32 Å². The van der Waals surface area contributed by atoms with Crippen molar-refractivity contribution in [3.05, 3.63) is 0 Å². The Morgan fingerprint density at radius 3 is 2.76 bits per heavy atom. The number of nitrogens with one attached hydrogen (secondary N) is 1. The number of carbonyl (C=O) groups excluding carboxylic acids is 1. The Kier molecular flexibility index (Phi) is 6.02. The Bertz CT molecular complexity index is 346. The van der Waals surface area contributed by atoms with E-state index < -0.39 is 5.54 Å². The minimum absolute atomic E-state index is 0.131. The van der Waals surface area contributed by atoms with Crippen molar-refractivity contribution < 1.29 is 14.3 Å². The highest BCUT2D eigenvalue weighted by Gasteiger charge is 2.43. The van der Waals surface area contributed by atoms with E-state index in [1.165, 1.54) is 20.0 Å². The van der Waals surface area contributed by atoms with Crippen molar-refractivity contribution in [2.24, 2.45) is 5.92 Å². The molecule has 0 aliphatic heterocycles. The van der Waals surface area contributed by atoms with Gasteiger partial charge in [0.2, 0.25) is 0 Å². The summed E-state index contributed by atoms with van der Waals surface area (Å²) in [5.41, 5.74) is -0.513. The monoisotopic (exact) mass is 298 g/mol. The van der Waals surface area contributed by atoms with E-state index in [9.17, 15) is 4.79 Å². The van der Waals surface area contributed by atoms with E-state index in [0.29, 0.717) is 6.04 Å². The van der Waals surface area contributed by atoms with Gasteiger partial charge in [0.15, 0.2) is 0 Å². The zero-order valence-corrected chi connectivity index (χ0v) is 13.7. The van der Waals surface area contributed by atoms with Crippen molar-refractivity contribution in [3.63, 3.8) is 0 Å². The van der Waals surface area contributed by atoms with Crippen LogP contribution in [0.3, 0.4) is 0 Å². The molecule has 122 valence electrons. The van der Waals surface area contributed by atoms with Crippen LogP contribution >= 0.6 is 0 Å². The van der Waals surface area contributed by atoms with Gasteiger partial charge >= 0.3 is 5.97 Å². The van der Waals surface area contributed by atoms with Crippen molar-refractivity contribution in [1.29, 1.82) is 0 Å². The molecular formula is C16H30N2O3. The lowest BCUT2D eigenvalue weighted by molar-refractivity contribution is -0.151. The van der Waals surface area contributed by atoms with Crippen molar-refractivity contribution in [1.82, 2.24) is 10.2 Å². The Morgan fingerprint density at radius 2 is 2.14 bits per heavy atom. The largest absolute Gasteiger partial charge is 0.468 e. The van der Waals surface area contributed by atoms with E-state index in [0.717, 1.165) is 51.4 Å². The number of hydrogen-bond donors (Lipinski definition) is 1. The summed E-state index contributed by atoms with van der Waals surface area (Å²) >= 11 is 0. The molecule has 2 rings (SSSR count). The molecule has 0 aromatic carbocycles. The molecule has 2 atom stereocenters. The first-order valence-electron chi connectivity index (χ1n) is 8.16. The number of hydrogen-bond acceptors (Lipinski definition) is 5. The number of likely N-dealkylation sites (N-methyl/N-ethyl adjacent to an activating group) is 2. The fourth-order valence-corrected chi connectivity index (χ4v) is 3.26. The van der Waals surface area contributed by atoms with Crippen molar-refractivity contribution in [3.8, 4) is 0 Å². The molecule has 0 amide bonds. The summed E-state index contributed by atoms with van der Waals surface area (Å²) in [7, 11) is 5.46. The van der Waals surface area contributed by atoms with E-state index in [1.54, 1.807) is 0 Å². The summed E-state index contributed by atoms with van der Waals surface area (Å²) in [6.07, 6.45) is 6.53. The van der Waals surface area contributed by atoms with Crippen molar-refractivity contribution >= 4 is 5.97 Å². The smallest absolute Gasteiger partial charge is 0.326 e. The van der Waals surface area contributed by atoms with Gasteiger partial charge in [0.25, 0.3) is 0 Å². The highest BCUT2D eigenvalue weighted by atomic mass is 16.5. The molecule has 5 nitrogen and oxygen atoms in total. The minimum Gasteiger partial charge on any atom is -0.468 e. The van der Waals surface area contributed by atoms with Crippen molar-refractivity contribution in [2.45, 2.75) is 50.1 Å². The molecule has 21 heavy (non-hydrogen) atoms. The van der Waals surface area contributed by atoms with Gasteiger partial charge in [0, 0.05) is 19.2 Å². The molecular weight excluding hydrogens is 268 g/mol. The van der Waals surface area contributed by atoms with E-state index >= 15 is 0 Å². The van der Waals surface area contributed by atoms with Crippen LogP contribution in [0.25, 0.3) is 0 Å². The molecule has 0 aromatic rings. The van der Waals surface area contributed by atoms with E-state index in [2.05, 4.69) is 17.3 Å². The second-order valence-electron chi connectivity index (χ2n) is 6.57. The van der Waals surface area contributed by atoms with Gasteiger partial charge in [-0.3, -0.25) is 4.79 Å². The van der Waals surface area contributed by atoms with E-state index in [-0.39, 0.29) is 5.97 Å². The Hall–Kier alpha value is -0.650. The second kappa shape index (κ2) is 7.56. The summed E-state index contributed by atoms with van der Waals surface area (Å²) in [5.74, 6) is 0.689. The van der Waals surface area contributed by atoms with Gasteiger partial charge in [0.1, 0.15) is 5.54 Å². The molecule has 2 unspecified atom stereocenters. The van der Waals surface area contributed by atoms with Gasteiger partial charge in [-0.05, 0) is 58.5 Å². The van der Waals surface area contributed by atoms with Crippen LogP contribution in [0.2, 0.25) is 0 Å². The van der Waals surface area contributed by atoms with Crippen LogP contribution in [0, 0.1) is 5.92 Å². The molecule has 2 aliphatic carbocycles. The summed E-state index contributed by atoms with van der Waals surface area (Å²) < 4.78 is 10.7. The van der Waals surface area contributed by atoms with Crippen LogP contribution in [0.4, 0.5) is 0 Å². The Labute approximate surface area is 128 Å². The first-order valence-corrected chi connectivity index (χ1v) is 8.16. The van der Waals surface area contributed by atoms with Gasteiger partial charge < -0.3 is 19.7 Å². The van der Waals surface area contributed by atoms with Gasteiger partial charge in [-0.25, -0.2) is 0 Å². The lowest BCUT2D eigenvalue weighted by Crippen LogP contribution is -2.57. The quantitative estimate of drug-likeness (QED) is 0.542. The fraction of sp³-hybridized carbons (Fsp3) is 0.938. The Morgan fingerprint density at radius 1 is 1.38 bits per heavy atom. The number of rotatable bonds is 8. The second-order valence-corrected chi connectivity index (χ2v) is 6.57. The number of ether oxygens (including phenoxy) is 2. The Balaban J connectivity index is 1.79. The molecule has 0 bridgehead atoms. The predicted octanol–water partition coefficient (Wildman–Crippen LogP) is 1.42. The molecule has 2 aliphatic rings. The highest BCUT2D eigenvalue weighted by Crippen LogP contribution is 2.32. The van der Waals surface area contributed by atoms with Crippen molar-refractivity contribution in [2.75, 3.05) is 41.0 Å². The maximum Gasteiger partial charge on any atom is 0.326 e. The lowest BCUT2D eigenvalue weighted by atomic mass is 9.78. The van der Waals surface area contributed by atoms with Crippen LogP contribution in [-0.2, 0) is 14.3 Å². The molecule has 0 radical (unpaired) electrons. The van der Waals surface area contributed by atoms with Crippen LogP contribution in [0.5, 0.6) is 0 Å². The third-order valence-corrected chi connectivity index (χ3v) is 5.04. The average molecular weight is 298 g/mol. The molecule has 2 saturated carbocycles. The first kappa shape index (κ1) is 16.7. The average Bonchev–Trinajstić information content (AvgIpc) is 3.34. The molecule has 5 heteroatoms. The zero-order valence-electron chi connectivity index (χ0n) is 13.7. The maximum atomic E-state index is 12.1. The molecule has 2 fully saturated rings. The molecule has 1 N–H and O–H groups in total. The zero-order chi connectivity index (χ0) is 15.3. The van der Waals surface area contributed by atoms with Crippen LogP contribution in [-0.4, -0.2) is 63.4 Å². The van der Waals surface area contributed by atoms with Crippen LogP contribution in [0.1, 0.15) is 38.5 Å². The number of carbonyl (C=O) groups is 1. The topological polar surface area (TPSA) is 50.8 Å². The number of nitrogens with zero attached hydrogens (tertiary/aromatic N) is 1. The van der Waals surface area contributed by atoms with Gasteiger partial charge in [0.05, 0.1) is 13.7 Å². The molecule has 0 spiro atoms. The van der Waals surface area contributed by atoms with Crippen LogP contribution in [0.15, 0.2) is 0 Å². The highest BCUT2D eigenvalue weighted by molar-refractivity contribution is 5.81. The maximum absolute atomic E-state index is 12.1. The SMILES string of the molecule is CNC1(C(=O)OC)CCCC(N(C)CCOCC2CC2)C1. The van der Waals surface area contributed by atoms with E-state index in [1.807, 2.05) is 7.05 Å². The predicted molar refractivity (Wildman–Crippen MR) is 82.2 cm³/mol. The summed E-state index contributed by atoms with van der Waals surface area (Å²) in [4.78, 5) is 14.4. The minimum atomic E-state index is -0.513. The fourth-order valence-electron chi connectivity index (χ4n) is 3.26. The van der Waals surface area contributed by atoms with E-state index in [4.69, 9.17) is 9.47 Å². The summed E-state index contributed by atoms with van der Waals surface area (Å²) in [6, 6.07) is 0.412. The van der Waals surface area contributed by atoms with Gasteiger partial charge in [-0.2, -0.15) is 0 Å². The van der Waals surface area contributed by atoms with Gasteiger partial charge in [-0.1, -0.05) is 0 Å². The molecule has 0 saturated heterocycles. The third kappa shape index (κ3) is 4.41. The number of methoxy groups -OCH3 is 1.